The molecular formula is C17H27NO. The van der Waals surface area contributed by atoms with Crippen molar-refractivity contribution in [1.82, 2.24) is 5.32 Å². The first-order valence-electron chi connectivity index (χ1n) is 7.72. The van der Waals surface area contributed by atoms with Gasteiger partial charge in [0.1, 0.15) is 5.75 Å². The maximum absolute atomic E-state index is 6.20. The van der Waals surface area contributed by atoms with E-state index in [1.165, 1.54) is 31.2 Å². The fourth-order valence-corrected chi connectivity index (χ4v) is 2.77. The molecule has 0 heterocycles. The van der Waals surface area contributed by atoms with Crippen LogP contribution >= 0.6 is 0 Å². The highest BCUT2D eigenvalue weighted by molar-refractivity contribution is 5.36. The van der Waals surface area contributed by atoms with Gasteiger partial charge in [0.15, 0.2) is 0 Å². The normalized spacial score (nSPS) is 19.3. The second-order valence-corrected chi connectivity index (χ2v) is 5.76. The second-order valence-electron chi connectivity index (χ2n) is 5.76. The van der Waals surface area contributed by atoms with Crippen LogP contribution in [0.25, 0.3) is 0 Å². The number of rotatable bonds is 6. The first-order chi connectivity index (χ1) is 9.20. The van der Waals surface area contributed by atoms with Crippen molar-refractivity contribution in [2.24, 2.45) is 0 Å². The van der Waals surface area contributed by atoms with Gasteiger partial charge in [-0.15, -0.1) is 0 Å². The molecule has 0 unspecified atom stereocenters. The van der Waals surface area contributed by atoms with E-state index < -0.39 is 0 Å². The van der Waals surface area contributed by atoms with Crippen LogP contribution in [0.4, 0.5) is 0 Å². The SMILES string of the molecule is CC[C@@H](C)N[C@H](C)c1ccccc1OC1CCCC1. The van der Waals surface area contributed by atoms with E-state index in [1.54, 1.807) is 0 Å². The Balaban J connectivity index is 2.06. The summed E-state index contributed by atoms with van der Waals surface area (Å²) < 4.78 is 6.20. The summed E-state index contributed by atoms with van der Waals surface area (Å²) in [5.41, 5.74) is 1.29. The molecule has 1 saturated carbocycles. The van der Waals surface area contributed by atoms with E-state index in [2.05, 4.69) is 50.4 Å². The smallest absolute Gasteiger partial charge is 0.124 e. The van der Waals surface area contributed by atoms with E-state index >= 15 is 0 Å². The molecule has 2 atom stereocenters. The highest BCUT2D eigenvalue weighted by Gasteiger charge is 2.19. The average Bonchev–Trinajstić information content (AvgIpc) is 2.92. The van der Waals surface area contributed by atoms with Gasteiger partial charge in [0.2, 0.25) is 0 Å². The van der Waals surface area contributed by atoms with Gasteiger partial charge >= 0.3 is 0 Å². The highest BCUT2D eigenvalue weighted by Crippen LogP contribution is 2.30. The highest BCUT2D eigenvalue weighted by atomic mass is 16.5. The standard InChI is InChI=1S/C17H27NO/c1-4-13(2)18-14(3)16-11-7-8-12-17(16)19-15-9-5-6-10-15/h7-8,11-15,18H,4-6,9-10H2,1-3H3/t13-,14-/m1/s1. The molecule has 1 N–H and O–H groups in total. The lowest BCUT2D eigenvalue weighted by molar-refractivity contribution is 0.206. The Morgan fingerprint density at radius 1 is 1.21 bits per heavy atom. The zero-order valence-electron chi connectivity index (χ0n) is 12.5. The molecule has 1 fully saturated rings. The predicted octanol–water partition coefficient (Wildman–Crippen LogP) is 4.46. The molecule has 19 heavy (non-hydrogen) atoms. The fraction of sp³-hybridized carbons (Fsp3) is 0.647. The number of benzene rings is 1. The summed E-state index contributed by atoms with van der Waals surface area (Å²) in [6.07, 6.45) is 6.62. The van der Waals surface area contributed by atoms with Crippen molar-refractivity contribution in [3.05, 3.63) is 29.8 Å². The van der Waals surface area contributed by atoms with E-state index in [9.17, 15) is 0 Å². The fourth-order valence-electron chi connectivity index (χ4n) is 2.77. The van der Waals surface area contributed by atoms with E-state index in [1.807, 2.05) is 0 Å². The molecule has 0 amide bonds. The van der Waals surface area contributed by atoms with Gasteiger partial charge in [0, 0.05) is 17.6 Å². The maximum Gasteiger partial charge on any atom is 0.124 e. The molecule has 2 rings (SSSR count). The predicted molar refractivity (Wildman–Crippen MR) is 80.6 cm³/mol. The summed E-state index contributed by atoms with van der Waals surface area (Å²) in [6, 6.07) is 9.35. The summed E-state index contributed by atoms with van der Waals surface area (Å²) in [4.78, 5) is 0. The lowest BCUT2D eigenvalue weighted by Crippen LogP contribution is -2.28. The van der Waals surface area contributed by atoms with Crippen molar-refractivity contribution in [2.75, 3.05) is 0 Å². The average molecular weight is 261 g/mol. The van der Waals surface area contributed by atoms with Crippen LogP contribution < -0.4 is 10.1 Å². The van der Waals surface area contributed by atoms with Crippen LogP contribution in [0.15, 0.2) is 24.3 Å². The molecule has 0 aromatic heterocycles. The van der Waals surface area contributed by atoms with Crippen molar-refractivity contribution in [1.29, 1.82) is 0 Å². The van der Waals surface area contributed by atoms with Gasteiger partial charge in [-0.1, -0.05) is 25.1 Å². The van der Waals surface area contributed by atoms with E-state index in [-0.39, 0.29) is 0 Å². The molecule has 2 nitrogen and oxygen atoms in total. The van der Waals surface area contributed by atoms with Crippen LogP contribution in [0.2, 0.25) is 0 Å². The lowest BCUT2D eigenvalue weighted by atomic mass is 10.1. The molecule has 1 aliphatic rings. The molecule has 0 saturated heterocycles. The van der Waals surface area contributed by atoms with Crippen molar-refractivity contribution in [3.63, 3.8) is 0 Å². The quantitative estimate of drug-likeness (QED) is 0.816. The molecule has 106 valence electrons. The summed E-state index contributed by atoms with van der Waals surface area (Å²) in [7, 11) is 0. The number of hydrogen-bond donors (Lipinski definition) is 1. The van der Waals surface area contributed by atoms with Crippen molar-refractivity contribution >= 4 is 0 Å². The zero-order valence-corrected chi connectivity index (χ0v) is 12.5. The molecule has 1 aromatic rings. The Morgan fingerprint density at radius 3 is 2.58 bits per heavy atom. The van der Waals surface area contributed by atoms with Crippen LogP contribution in [-0.2, 0) is 0 Å². The molecule has 0 bridgehead atoms. The van der Waals surface area contributed by atoms with Gasteiger partial charge in [0.25, 0.3) is 0 Å². The Bertz CT molecular complexity index is 385. The van der Waals surface area contributed by atoms with Crippen LogP contribution in [-0.4, -0.2) is 12.1 Å². The van der Waals surface area contributed by atoms with Gasteiger partial charge in [-0.05, 0) is 52.0 Å². The van der Waals surface area contributed by atoms with Gasteiger partial charge in [-0.2, -0.15) is 0 Å². The first kappa shape index (κ1) is 14.4. The lowest BCUT2D eigenvalue weighted by Gasteiger charge is -2.23. The van der Waals surface area contributed by atoms with Gasteiger partial charge in [0.05, 0.1) is 6.10 Å². The van der Waals surface area contributed by atoms with E-state index in [4.69, 9.17) is 4.74 Å². The Hall–Kier alpha value is -1.02. The number of nitrogens with one attached hydrogen (secondary N) is 1. The van der Waals surface area contributed by atoms with Gasteiger partial charge < -0.3 is 10.1 Å². The van der Waals surface area contributed by atoms with Crippen molar-refractivity contribution in [3.8, 4) is 5.75 Å². The van der Waals surface area contributed by atoms with Crippen molar-refractivity contribution in [2.45, 2.75) is 71.1 Å². The second kappa shape index (κ2) is 6.95. The number of ether oxygens (including phenoxy) is 1. The molecule has 1 aromatic carbocycles. The van der Waals surface area contributed by atoms with Crippen LogP contribution in [0.5, 0.6) is 5.75 Å². The van der Waals surface area contributed by atoms with E-state index in [0.29, 0.717) is 18.2 Å². The molecule has 0 spiro atoms. The molecule has 1 aliphatic carbocycles. The monoisotopic (exact) mass is 261 g/mol. The third-order valence-electron chi connectivity index (χ3n) is 4.13. The third kappa shape index (κ3) is 3.97. The Morgan fingerprint density at radius 2 is 1.89 bits per heavy atom. The topological polar surface area (TPSA) is 21.3 Å². The maximum atomic E-state index is 6.20. The molecule has 2 heteroatoms. The summed E-state index contributed by atoms with van der Waals surface area (Å²) in [6.45, 7) is 6.67. The number of hydrogen-bond acceptors (Lipinski definition) is 2. The molecule has 0 radical (unpaired) electrons. The summed E-state index contributed by atoms with van der Waals surface area (Å²) >= 11 is 0. The van der Waals surface area contributed by atoms with Gasteiger partial charge in [-0.25, -0.2) is 0 Å². The largest absolute Gasteiger partial charge is 0.490 e. The van der Waals surface area contributed by atoms with Crippen LogP contribution in [0, 0.1) is 0 Å². The van der Waals surface area contributed by atoms with Crippen LogP contribution in [0.3, 0.4) is 0 Å². The van der Waals surface area contributed by atoms with Gasteiger partial charge in [-0.3, -0.25) is 0 Å². The minimum absolute atomic E-state index is 0.340. The first-order valence-corrected chi connectivity index (χ1v) is 7.72. The molecule has 0 aliphatic heterocycles. The third-order valence-corrected chi connectivity index (χ3v) is 4.13. The summed E-state index contributed by atoms with van der Waals surface area (Å²) in [5, 5.41) is 3.63. The number of para-hydroxylation sites is 1. The minimum atomic E-state index is 0.340. The zero-order chi connectivity index (χ0) is 13.7. The molecular weight excluding hydrogens is 234 g/mol. The van der Waals surface area contributed by atoms with E-state index in [0.717, 1.165) is 12.2 Å². The minimum Gasteiger partial charge on any atom is -0.490 e. The van der Waals surface area contributed by atoms with Crippen molar-refractivity contribution < 1.29 is 4.74 Å². The van der Waals surface area contributed by atoms with Crippen LogP contribution in [0.1, 0.15) is 64.5 Å². The summed E-state index contributed by atoms with van der Waals surface area (Å²) in [5.74, 6) is 1.07. The Kier molecular flexibility index (Phi) is 5.26. The Labute approximate surface area is 117 Å².